The maximum absolute atomic E-state index is 12.0. The zero-order valence-electron chi connectivity index (χ0n) is 11.0. The van der Waals surface area contributed by atoms with E-state index in [2.05, 4.69) is 5.32 Å². The number of aliphatic carboxylic acids is 1. The molecule has 0 bridgehead atoms. The second-order valence-corrected chi connectivity index (χ2v) is 4.90. The summed E-state index contributed by atoms with van der Waals surface area (Å²) in [7, 11) is 0. The Morgan fingerprint density at radius 2 is 2.05 bits per heavy atom. The predicted molar refractivity (Wildman–Crippen MR) is 72.0 cm³/mol. The van der Waals surface area contributed by atoms with Crippen LogP contribution in [0, 0.1) is 5.92 Å². The number of rotatable bonds is 5. The molecule has 1 saturated heterocycles. The van der Waals surface area contributed by atoms with Gasteiger partial charge in [-0.25, -0.2) is 4.79 Å². The smallest absolute Gasteiger partial charge is 0.326 e. The third-order valence-corrected chi connectivity index (χ3v) is 3.36. The molecule has 0 saturated carbocycles. The maximum Gasteiger partial charge on any atom is 0.326 e. The molecule has 3 atom stereocenters. The van der Waals surface area contributed by atoms with Gasteiger partial charge in [0.25, 0.3) is 0 Å². The van der Waals surface area contributed by atoms with Gasteiger partial charge in [0, 0.05) is 12.5 Å². The van der Waals surface area contributed by atoms with Crippen molar-refractivity contribution >= 4 is 11.9 Å². The fraction of sp³-hybridized carbons (Fsp3) is 0.429. The molecule has 20 heavy (non-hydrogen) atoms. The molecule has 1 aromatic carbocycles. The van der Waals surface area contributed by atoms with Crippen molar-refractivity contribution in [2.45, 2.75) is 18.5 Å². The van der Waals surface area contributed by atoms with Gasteiger partial charge in [-0.2, -0.15) is 0 Å². The molecular weight excluding hydrogens is 260 g/mol. The van der Waals surface area contributed by atoms with E-state index in [-0.39, 0.29) is 25.0 Å². The molecule has 1 fully saturated rings. The van der Waals surface area contributed by atoms with Crippen molar-refractivity contribution in [1.29, 1.82) is 0 Å². The Kier molecular flexibility index (Phi) is 4.70. The number of hydrogen-bond acceptors (Lipinski definition) is 4. The van der Waals surface area contributed by atoms with Crippen LogP contribution in [-0.2, 0) is 20.7 Å². The molecule has 0 aromatic heterocycles. The van der Waals surface area contributed by atoms with Crippen LogP contribution in [0.3, 0.4) is 0 Å². The molecule has 6 nitrogen and oxygen atoms in total. The molecule has 108 valence electrons. The van der Waals surface area contributed by atoms with E-state index in [0.717, 1.165) is 5.56 Å². The van der Waals surface area contributed by atoms with Gasteiger partial charge in [0.1, 0.15) is 6.04 Å². The molecule has 0 spiro atoms. The van der Waals surface area contributed by atoms with Gasteiger partial charge in [0.15, 0.2) is 0 Å². The van der Waals surface area contributed by atoms with Gasteiger partial charge in [-0.3, -0.25) is 4.79 Å². The molecule has 3 unspecified atom stereocenters. The summed E-state index contributed by atoms with van der Waals surface area (Å²) < 4.78 is 5.12. The third-order valence-electron chi connectivity index (χ3n) is 3.36. The SMILES string of the molecule is NC1COCC1C(=O)NC(Cc1ccccc1)C(=O)O. The number of carboxylic acids is 1. The second kappa shape index (κ2) is 6.49. The van der Waals surface area contributed by atoms with E-state index in [1.54, 1.807) is 0 Å². The van der Waals surface area contributed by atoms with E-state index in [4.69, 9.17) is 10.5 Å². The number of carbonyl (C=O) groups is 2. The molecule has 1 amide bonds. The summed E-state index contributed by atoms with van der Waals surface area (Å²) in [5.41, 5.74) is 6.60. The lowest BCUT2D eigenvalue weighted by Crippen LogP contribution is -2.48. The molecule has 0 radical (unpaired) electrons. The summed E-state index contributed by atoms with van der Waals surface area (Å²) in [5, 5.41) is 11.8. The van der Waals surface area contributed by atoms with E-state index in [9.17, 15) is 14.7 Å². The monoisotopic (exact) mass is 278 g/mol. The highest BCUT2D eigenvalue weighted by atomic mass is 16.5. The van der Waals surface area contributed by atoms with Crippen molar-refractivity contribution in [1.82, 2.24) is 5.32 Å². The van der Waals surface area contributed by atoms with Crippen LogP contribution in [0.1, 0.15) is 5.56 Å². The maximum atomic E-state index is 12.0. The van der Waals surface area contributed by atoms with Gasteiger partial charge in [0.2, 0.25) is 5.91 Å². The number of nitrogens with one attached hydrogen (secondary N) is 1. The van der Waals surface area contributed by atoms with Gasteiger partial charge >= 0.3 is 5.97 Å². The van der Waals surface area contributed by atoms with E-state index in [1.165, 1.54) is 0 Å². The summed E-state index contributed by atoms with van der Waals surface area (Å²) in [4.78, 5) is 23.3. The summed E-state index contributed by atoms with van der Waals surface area (Å²) in [5.74, 6) is -1.90. The zero-order valence-corrected chi connectivity index (χ0v) is 11.0. The van der Waals surface area contributed by atoms with Crippen molar-refractivity contribution < 1.29 is 19.4 Å². The van der Waals surface area contributed by atoms with Gasteiger partial charge in [0.05, 0.1) is 19.1 Å². The van der Waals surface area contributed by atoms with Crippen LogP contribution in [0.4, 0.5) is 0 Å². The third kappa shape index (κ3) is 3.55. The van der Waals surface area contributed by atoms with E-state index in [1.807, 2.05) is 30.3 Å². The summed E-state index contributed by atoms with van der Waals surface area (Å²) in [6, 6.07) is 7.83. The summed E-state index contributed by atoms with van der Waals surface area (Å²) in [6.45, 7) is 0.569. The van der Waals surface area contributed by atoms with Crippen LogP contribution in [-0.4, -0.2) is 42.3 Å². The minimum atomic E-state index is -1.06. The highest BCUT2D eigenvalue weighted by Crippen LogP contribution is 2.12. The molecule has 1 heterocycles. The predicted octanol–water partition coefficient (Wildman–Crippen LogP) is -0.228. The number of nitrogens with two attached hydrogens (primary N) is 1. The fourth-order valence-corrected chi connectivity index (χ4v) is 2.17. The molecule has 4 N–H and O–H groups in total. The Bertz CT molecular complexity index is 477. The van der Waals surface area contributed by atoms with Crippen molar-refractivity contribution in [3.63, 3.8) is 0 Å². The van der Waals surface area contributed by atoms with Crippen LogP contribution in [0.15, 0.2) is 30.3 Å². The van der Waals surface area contributed by atoms with E-state index < -0.39 is 17.9 Å². The number of benzene rings is 1. The van der Waals surface area contributed by atoms with Gasteiger partial charge < -0.3 is 20.9 Å². The number of carbonyl (C=O) groups excluding carboxylic acids is 1. The lowest BCUT2D eigenvalue weighted by Gasteiger charge is -2.18. The Hall–Kier alpha value is -1.92. The summed E-state index contributed by atoms with van der Waals surface area (Å²) >= 11 is 0. The van der Waals surface area contributed by atoms with Crippen LogP contribution in [0.2, 0.25) is 0 Å². The largest absolute Gasteiger partial charge is 0.480 e. The first-order chi connectivity index (χ1) is 9.58. The first-order valence-corrected chi connectivity index (χ1v) is 6.48. The first-order valence-electron chi connectivity index (χ1n) is 6.48. The molecule has 1 aliphatic rings. The highest BCUT2D eigenvalue weighted by molar-refractivity contribution is 5.85. The standard InChI is InChI=1S/C14H18N2O4/c15-11-8-20-7-10(11)13(17)16-12(14(18)19)6-9-4-2-1-3-5-9/h1-5,10-12H,6-8,15H2,(H,16,17)(H,18,19). The van der Waals surface area contributed by atoms with Crippen molar-refractivity contribution in [2.24, 2.45) is 11.7 Å². The summed E-state index contributed by atoms with van der Waals surface area (Å²) in [6.07, 6.45) is 0.241. The van der Waals surface area contributed by atoms with Crippen LogP contribution in [0.5, 0.6) is 0 Å². The molecule has 2 rings (SSSR count). The lowest BCUT2D eigenvalue weighted by molar-refractivity contribution is -0.142. The molecule has 6 heteroatoms. The Labute approximate surface area is 116 Å². The van der Waals surface area contributed by atoms with E-state index in [0.29, 0.717) is 6.61 Å². The zero-order chi connectivity index (χ0) is 14.5. The number of ether oxygens (including phenoxy) is 1. The van der Waals surface area contributed by atoms with Crippen molar-refractivity contribution in [3.05, 3.63) is 35.9 Å². The van der Waals surface area contributed by atoms with Crippen molar-refractivity contribution in [2.75, 3.05) is 13.2 Å². The van der Waals surface area contributed by atoms with Crippen LogP contribution in [0.25, 0.3) is 0 Å². The Balaban J connectivity index is 1.99. The number of carboxylic acid groups (broad SMARTS) is 1. The topological polar surface area (TPSA) is 102 Å². The van der Waals surface area contributed by atoms with E-state index >= 15 is 0 Å². The normalized spacial score (nSPS) is 23.2. The first kappa shape index (κ1) is 14.5. The number of amides is 1. The van der Waals surface area contributed by atoms with Crippen LogP contribution < -0.4 is 11.1 Å². The second-order valence-electron chi connectivity index (χ2n) is 4.90. The van der Waals surface area contributed by atoms with Gasteiger partial charge in [-0.05, 0) is 5.56 Å². The Morgan fingerprint density at radius 1 is 1.35 bits per heavy atom. The fourth-order valence-electron chi connectivity index (χ4n) is 2.17. The lowest BCUT2D eigenvalue weighted by atomic mass is 10.0. The molecule has 1 aliphatic heterocycles. The Morgan fingerprint density at radius 3 is 2.60 bits per heavy atom. The number of hydrogen-bond donors (Lipinski definition) is 3. The quantitative estimate of drug-likeness (QED) is 0.690. The average Bonchev–Trinajstić information content (AvgIpc) is 2.85. The van der Waals surface area contributed by atoms with Gasteiger partial charge in [-0.1, -0.05) is 30.3 Å². The molecule has 0 aliphatic carbocycles. The average molecular weight is 278 g/mol. The molecule has 1 aromatic rings. The minimum absolute atomic E-state index is 0.241. The van der Waals surface area contributed by atoms with Gasteiger partial charge in [-0.15, -0.1) is 0 Å². The van der Waals surface area contributed by atoms with Crippen LogP contribution >= 0.6 is 0 Å². The van der Waals surface area contributed by atoms with Crippen molar-refractivity contribution in [3.8, 4) is 0 Å². The minimum Gasteiger partial charge on any atom is -0.480 e. The highest BCUT2D eigenvalue weighted by Gasteiger charge is 2.33. The molecular formula is C14H18N2O4.